The Morgan fingerprint density at radius 3 is 2.90 bits per heavy atom. The number of rotatable bonds is 7. The average Bonchev–Trinajstić information content (AvgIpc) is 3.44. The second-order valence-corrected chi connectivity index (χ2v) is 8.05. The van der Waals surface area contributed by atoms with Crippen molar-refractivity contribution < 1.29 is 9.47 Å². The number of thiazole rings is 1. The highest BCUT2D eigenvalue weighted by Gasteiger charge is 2.20. The molecule has 2 N–H and O–H groups in total. The van der Waals surface area contributed by atoms with E-state index in [2.05, 4.69) is 32.8 Å². The van der Waals surface area contributed by atoms with E-state index < -0.39 is 0 Å². The fourth-order valence-corrected chi connectivity index (χ4v) is 4.38. The summed E-state index contributed by atoms with van der Waals surface area (Å²) in [6.07, 6.45) is 3.35. The van der Waals surface area contributed by atoms with Gasteiger partial charge in [-0.15, -0.1) is 11.3 Å². The maximum atomic E-state index is 5.98. The van der Waals surface area contributed by atoms with E-state index in [1.165, 1.54) is 12.8 Å². The quantitative estimate of drug-likeness (QED) is 0.535. The molecule has 0 amide bonds. The van der Waals surface area contributed by atoms with Crippen LogP contribution in [-0.4, -0.2) is 56.4 Å². The van der Waals surface area contributed by atoms with Gasteiger partial charge >= 0.3 is 0 Å². The van der Waals surface area contributed by atoms with Crippen molar-refractivity contribution in [3.63, 3.8) is 0 Å². The van der Waals surface area contributed by atoms with Gasteiger partial charge in [-0.25, -0.2) is 9.98 Å². The normalized spacial score (nSPS) is 18.7. The zero-order chi connectivity index (χ0) is 19.9. The van der Waals surface area contributed by atoms with Gasteiger partial charge in [0.1, 0.15) is 6.61 Å². The van der Waals surface area contributed by atoms with E-state index in [1.807, 2.05) is 24.3 Å². The molecule has 7 nitrogen and oxygen atoms in total. The van der Waals surface area contributed by atoms with Crippen molar-refractivity contribution in [3.05, 3.63) is 35.3 Å². The Morgan fingerprint density at radius 1 is 1.24 bits per heavy atom. The maximum absolute atomic E-state index is 5.98. The number of ether oxygens (including phenoxy) is 2. The summed E-state index contributed by atoms with van der Waals surface area (Å²) in [5.74, 6) is 2.38. The van der Waals surface area contributed by atoms with Gasteiger partial charge < -0.3 is 25.0 Å². The van der Waals surface area contributed by atoms with Crippen LogP contribution >= 0.6 is 11.3 Å². The summed E-state index contributed by atoms with van der Waals surface area (Å²) >= 11 is 1.75. The molecule has 4 rings (SSSR count). The monoisotopic (exact) mass is 415 g/mol. The molecule has 1 unspecified atom stereocenters. The molecule has 8 heteroatoms. The van der Waals surface area contributed by atoms with E-state index in [0.29, 0.717) is 13.2 Å². The number of nitrogens with zero attached hydrogens (tertiary/aromatic N) is 3. The number of hydrogen-bond acceptors (Lipinski definition) is 6. The van der Waals surface area contributed by atoms with E-state index in [-0.39, 0.29) is 6.10 Å². The standard InChI is InChI=1S/C21H29N5O2S/c1-2-22-20(24-13-17-14-27-18-7-3-4-8-19(18)28-17)23-10-9-16-15-29-21(25-16)26-11-5-6-12-26/h3-4,7-8,15,17H,2,5-6,9-14H2,1H3,(H2,22,23,24). The van der Waals surface area contributed by atoms with Crippen LogP contribution in [0.5, 0.6) is 11.5 Å². The zero-order valence-corrected chi connectivity index (χ0v) is 17.7. The molecule has 1 aromatic carbocycles. The van der Waals surface area contributed by atoms with Crippen LogP contribution in [0.1, 0.15) is 25.5 Å². The summed E-state index contributed by atoms with van der Waals surface area (Å²) < 4.78 is 11.8. The molecule has 29 heavy (non-hydrogen) atoms. The van der Waals surface area contributed by atoms with E-state index >= 15 is 0 Å². The molecule has 3 heterocycles. The number of hydrogen-bond donors (Lipinski definition) is 2. The third kappa shape index (κ3) is 5.32. The number of anilines is 1. The van der Waals surface area contributed by atoms with Crippen LogP contribution in [0.4, 0.5) is 5.13 Å². The molecule has 156 valence electrons. The Kier molecular flexibility index (Phi) is 6.71. The van der Waals surface area contributed by atoms with Crippen LogP contribution < -0.4 is 25.0 Å². The second-order valence-electron chi connectivity index (χ2n) is 7.21. The smallest absolute Gasteiger partial charge is 0.191 e. The number of guanidine groups is 1. The lowest BCUT2D eigenvalue weighted by Gasteiger charge is -2.25. The van der Waals surface area contributed by atoms with Crippen molar-refractivity contribution in [2.24, 2.45) is 4.99 Å². The summed E-state index contributed by atoms with van der Waals surface area (Å²) in [4.78, 5) is 11.8. The molecule has 0 bridgehead atoms. The minimum Gasteiger partial charge on any atom is -0.486 e. The summed E-state index contributed by atoms with van der Waals surface area (Å²) in [5.41, 5.74) is 1.14. The Labute approximate surface area is 176 Å². The van der Waals surface area contributed by atoms with Crippen molar-refractivity contribution in [1.82, 2.24) is 15.6 Å². The number of para-hydroxylation sites is 2. The molecule has 0 radical (unpaired) electrons. The number of aliphatic imine (C=N–C) groups is 1. The third-order valence-corrected chi connectivity index (χ3v) is 5.90. The van der Waals surface area contributed by atoms with Gasteiger partial charge in [0.2, 0.25) is 0 Å². The fraction of sp³-hybridized carbons (Fsp3) is 0.524. The topological polar surface area (TPSA) is 71.0 Å². The molecular formula is C21H29N5O2S. The van der Waals surface area contributed by atoms with Gasteiger partial charge in [-0.3, -0.25) is 0 Å². The molecule has 2 aliphatic heterocycles. The van der Waals surface area contributed by atoms with Crippen LogP contribution in [0.2, 0.25) is 0 Å². The molecule has 2 aromatic rings. The van der Waals surface area contributed by atoms with E-state index in [0.717, 1.165) is 60.9 Å². The first kappa shape index (κ1) is 19.8. The number of nitrogens with one attached hydrogen (secondary N) is 2. The van der Waals surface area contributed by atoms with Crippen LogP contribution in [0.25, 0.3) is 0 Å². The fourth-order valence-electron chi connectivity index (χ4n) is 3.46. The van der Waals surface area contributed by atoms with Gasteiger partial charge in [0.15, 0.2) is 28.7 Å². The minimum absolute atomic E-state index is 0.0816. The largest absolute Gasteiger partial charge is 0.486 e. The van der Waals surface area contributed by atoms with Gasteiger partial charge in [-0.05, 0) is 31.9 Å². The molecule has 2 aliphatic rings. The summed E-state index contributed by atoms with van der Waals surface area (Å²) in [5, 5.41) is 10.0. The molecule has 1 atom stereocenters. The first-order valence-electron chi connectivity index (χ1n) is 10.4. The maximum Gasteiger partial charge on any atom is 0.191 e. The van der Waals surface area contributed by atoms with Crippen molar-refractivity contribution in [2.45, 2.75) is 32.3 Å². The highest BCUT2D eigenvalue weighted by molar-refractivity contribution is 7.13. The number of benzene rings is 1. The van der Waals surface area contributed by atoms with Crippen molar-refractivity contribution in [3.8, 4) is 11.5 Å². The molecule has 0 spiro atoms. The Balaban J connectivity index is 1.25. The predicted octanol–water partition coefficient (Wildman–Crippen LogP) is 2.68. The molecule has 0 saturated carbocycles. The van der Waals surface area contributed by atoms with Gasteiger partial charge in [0.05, 0.1) is 12.2 Å². The molecule has 1 aromatic heterocycles. The lowest BCUT2D eigenvalue weighted by atomic mass is 10.2. The number of aromatic nitrogens is 1. The zero-order valence-electron chi connectivity index (χ0n) is 16.9. The SMILES string of the molecule is CCNC(=NCC1COc2ccccc2O1)NCCc1csc(N2CCCC2)n1. The highest BCUT2D eigenvalue weighted by atomic mass is 32.1. The predicted molar refractivity (Wildman–Crippen MR) is 118 cm³/mol. The second kappa shape index (κ2) is 9.82. The van der Waals surface area contributed by atoms with Gasteiger partial charge in [0, 0.05) is 38.0 Å². The van der Waals surface area contributed by atoms with Crippen molar-refractivity contribution >= 4 is 22.4 Å². The minimum atomic E-state index is -0.0816. The summed E-state index contributed by atoms with van der Waals surface area (Å²) in [6.45, 7) is 7.00. The lowest BCUT2D eigenvalue weighted by Crippen LogP contribution is -2.40. The van der Waals surface area contributed by atoms with E-state index in [9.17, 15) is 0 Å². The number of fused-ring (bicyclic) bond motifs is 1. The lowest BCUT2D eigenvalue weighted by molar-refractivity contribution is 0.0971. The van der Waals surface area contributed by atoms with Crippen LogP contribution in [0, 0.1) is 0 Å². The first-order valence-corrected chi connectivity index (χ1v) is 11.3. The van der Waals surface area contributed by atoms with Crippen molar-refractivity contribution in [2.75, 3.05) is 44.2 Å². The summed E-state index contributed by atoms with van der Waals surface area (Å²) in [6, 6.07) is 7.75. The Hall–Kier alpha value is -2.48. The van der Waals surface area contributed by atoms with Crippen LogP contribution in [0.3, 0.4) is 0 Å². The van der Waals surface area contributed by atoms with Crippen LogP contribution in [0.15, 0.2) is 34.6 Å². The van der Waals surface area contributed by atoms with Crippen molar-refractivity contribution in [1.29, 1.82) is 0 Å². The van der Waals surface area contributed by atoms with E-state index in [1.54, 1.807) is 11.3 Å². The Bertz CT molecular complexity index is 819. The first-order chi connectivity index (χ1) is 14.3. The van der Waals surface area contributed by atoms with Crippen LogP contribution in [-0.2, 0) is 6.42 Å². The molecule has 1 fully saturated rings. The van der Waals surface area contributed by atoms with Gasteiger partial charge in [-0.2, -0.15) is 0 Å². The van der Waals surface area contributed by atoms with Gasteiger partial charge in [0.25, 0.3) is 0 Å². The summed E-state index contributed by atoms with van der Waals surface area (Å²) in [7, 11) is 0. The van der Waals surface area contributed by atoms with E-state index in [4.69, 9.17) is 14.5 Å². The third-order valence-electron chi connectivity index (χ3n) is 4.95. The average molecular weight is 416 g/mol. The molecule has 1 saturated heterocycles. The molecular weight excluding hydrogens is 386 g/mol. The molecule has 0 aliphatic carbocycles. The van der Waals surface area contributed by atoms with Gasteiger partial charge in [-0.1, -0.05) is 12.1 Å². The Morgan fingerprint density at radius 2 is 2.07 bits per heavy atom. The highest BCUT2D eigenvalue weighted by Crippen LogP contribution is 2.30.